The van der Waals surface area contributed by atoms with Gasteiger partial charge in [0, 0.05) is 12.1 Å². The van der Waals surface area contributed by atoms with E-state index < -0.39 is 0 Å². The molecule has 1 aromatic rings. The molecule has 0 heterocycles. The second kappa shape index (κ2) is 5.24. The maximum atomic E-state index is 11.9. The third kappa shape index (κ3) is 2.75. The molecule has 0 aliphatic heterocycles. The highest BCUT2D eigenvalue weighted by molar-refractivity contribution is 5.79. The number of hydrogen-bond donors (Lipinski definition) is 2. The number of amides is 1. The quantitative estimate of drug-likeness (QED) is 0.872. The van der Waals surface area contributed by atoms with Crippen LogP contribution in [0.15, 0.2) is 24.3 Å². The standard InChI is InChI=1S/C16H21NO2/c18-15-4-2-1-3-13(15)9-16(19)17-10-14-8-11-5-6-12(14)7-11/h1-4,11-12,14,18H,5-10H2,(H,17,19). The van der Waals surface area contributed by atoms with Crippen molar-refractivity contribution in [2.75, 3.05) is 6.54 Å². The molecule has 0 spiro atoms. The fourth-order valence-corrected chi connectivity index (χ4v) is 3.77. The predicted molar refractivity (Wildman–Crippen MR) is 73.8 cm³/mol. The van der Waals surface area contributed by atoms with Crippen LogP contribution < -0.4 is 5.32 Å². The zero-order chi connectivity index (χ0) is 13.2. The SMILES string of the molecule is O=C(Cc1ccccc1O)NCC1CC2CCC1C2. The summed E-state index contributed by atoms with van der Waals surface area (Å²) in [5, 5.41) is 12.7. The lowest BCUT2D eigenvalue weighted by Crippen LogP contribution is -2.32. The van der Waals surface area contributed by atoms with E-state index in [0.717, 1.165) is 18.4 Å². The number of aromatic hydroxyl groups is 1. The Balaban J connectivity index is 1.48. The van der Waals surface area contributed by atoms with Gasteiger partial charge < -0.3 is 10.4 Å². The zero-order valence-corrected chi connectivity index (χ0v) is 11.1. The van der Waals surface area contributed by atoms with E-state index in [-0.39, 0.29) is 18.1 Å². The summed E-state index contributed by atoms with van der Waals surface area (Å²) >= 11 is 0. The number of para-hydroxylation sites is 1. The number of nitrogens with one attached hydrogen (secondary N) is 1. The van der Waals surface area contributed by atoms with E-state index >= 15 is 0 Å². The first-order valence-electron chi connectivity index (χ1n) is 7.26. The summed E-state index contributed by atoms with van der Waals surface area (Å²) in [4.78, 5) is 11.9. The third-order valence-electron chi connectivity index (χ3n) is 4.79. The molecule has 3 nitrogen and oxygen atoms in total. The van der Waals surface area contributed by atoms with Crippen LogP contribution in [-0.2, 0) is 11.2 Å². The minimum absolute atomic E-state index is 0.0178. The first kappa shape index (κ1) is 12.5. The lowest BCUT2D eigenvalue weighted by Gasteiger charge is -2.21. The molecule has 102 valence electrons. The van der Waals surface area contributed by atoms with Crippen molar-refractivity contribution in [1.29, 1.82) is 0 Å². The van der Waals surface area contributed by atoms with Gasteiger partial charge in [0.1, 0.15) is 5.75 Å². The summed E-state index contributed by atoms with van der Waals surface area (Å²) < 4.78 is 0. The summed E-state index contributed by atoms with van der Waals surface area (Å²) in [5.41, 5.74) is 0.702. The van der Waals surface area contributed by atoms with Crippen molar-refractivity contribution >= 4 is 5.91 Å². The number of phenols is 1. The van der Waals surface area contributed by atoms with E-state index in [1.54, 1.807) is 18.2 Å². The largest absolute Gasteiger partial charge is 0.508 e. The maximum absolute atomic E-state index is 11.9. The second-order valence-corrected chi connectivity index (χ2v) is 6.04. The molecule has 2 aliphatic rings. The maximum Gasteiger partial charge on any atom is 0.224 e. The Hall–Kier alpha value is -1.51. The lowest BCUT2D eigenvalue weighted by molar-refractivity contribution is -0.120. The van der Waals surface area contributed by atoms with Crippen LogP contribution in [0, 0.1) is 17.8 Å². The van der Waals surface area contributed by atoms with E-state index in [2.05, 4.69) is 5.32 Å². The van der Waals surface area contributed by atoms with Crippen LogP contribution in [-0.4, -0.2) is 17.6 Å². The molecule has 2 fully saturated rings. The molecular formula is C16H21NO2. The third-order valence-corrected chi connectivity index (χ3v) is 4.79. The van der Waals surface area contributed by atoms with Gasteiger partial charge in [0.15, 0.2) is 0 Å². The van der Waals surface area contributed by atoms with E-state index in [9.17, 15) is 9.90 Å². The summed E-state index contributed by atoms with van der Waals surface area (Å²) in [6.07, 6.45) is 5.69. The molecule has 1 amide bonds. The summed E-state index contributed by atoms with van der Waals surface area (Å²) in [6, 6.07) is 7.04. The van der Waals surface area contributed by atoms with Gasteiger partial charge >= 0.3 is 0 Å². The van der Waals surface area contributed by atoms with Crippen LogP contribution >= 0.6 is 0 Å². The average Bonchev–Trinajstić information content (AvgIpc) is 3.01. The van der Waals surface area contributed by atoms with Crippen molar-refractivity contribution in [3.05, 3.63) is 29.8 Å². The van der Waals surface area contributed by atoms with Gasteiger partial charge in [0.05, 0.1) is 6.42 Å². The van der Waals surface area contributed by atoms with E-state index in [1.165, 1.54) is 25.7 Å². The van der Waals surface area contributed by atoms with Crippen LogP contribution in [0.4, 0.5) is 0 Å². The Morgan fingerprint density at radius 1 is 1.26 bits per heavy atom. The van der Waals surface area contributed by atoms with Crippen molar-refractivity contribution in [1.82, 2.24) is 5.32 Å². The van der Waals surface area contributed by atoms with Crippen LogP contribution in [0.3, 0.4) is 0 Å². The first-order chi connectivity index (χ1) is 9.22. The molecule has 0 saturated heterocycles. The average molecular weight is 259 g/mol. The van der Waals surface area contributed by atoms with Crippen molar-refractivity contribution in [2.45, 2.75) is 32.1 Å². The molecule has 1 aromatic carbocycles. The lowest BCUT2D eigenvalue weighted by atomic mass is 9.89. The highest BCUT2D eigenvalue weighted by Gasteiger charge is 2.39. The van der Waals surface area contributed by atoms with Crippen LogP contribution in [0.1, 0.15) is 31.2 Å². The van der Waals surface area contributed by atoms with Gasteiger partial charge in [-0.05, 0) is 43.1 Å². The van der Waals surface area contributed by atoms with Crippen molar-refractivity contribution < 1.29 is 9.90 Å². The summed E-state index contributed by atoms with van der Waals surface area (Å²) in [6.45, 7) is 0.813. The Morgan fingerprint density at radius 3 is 2.79 bits per heavy atom. The number of fused-ring (bicyclic) bond motifs is 2. The van der Waals surface area contributed by atoms with Gasteiger partial charge in [-0.15, -0.1) is 0 Å². The molecule has 3 rings (SSSR count). The molecule has 2 saturated carbocycles. The number of carbonyl (C=O) groups is 1. The van der Waals surface area contributed by atoms with Gasteiger partial charge in [-0.2, -0.15) is 0 Å². The summed E-state index contributed by atoms with van der Waals surface area (Å²) in [7, 11) is 0. The number of phenolic OH excluding ortho intramolecular Hbond substituents is 1. The van der Waals surface area contributed by atoms with Crippen LogP contribution in [0.5, 0.6) is 5.75 Å². The van der Waals surface area contributed by atoms with Crippen LogP contribution in [0.2, 0.25) is 0 Å². The molecular weight excluding hydrogens is 238 g/mol. The molecule has 3 atom stereocenters. The van der Waals surface area contributed by atoms with E-state index in [1.807, 2.05) is 6.07 Å². The van der Waals surface area contributed by atoms with Gasteiger partial charge in [-0.25, -0.2) is 0 Å². The normalized spacial score (nSPS) is 28.5. The molecule has 19 heavy (non-hydrogen) atoms. The topological polar surface area (TPSA) is 49.3 Å². The van der Waals surface area contributed by atoms with Gasteiger partial charge in [0.2, 0.25) is 5.91 Å². The molecule has 2 N–H and O–H groups in total. The minimum atomic E-state index is 0.0178. The van der Waals surface area contributed by atoms with Crippen molar-refractivity contribution in [3.8, 4) is 5.75 Å². The van der Waals surface area contributed by atoms with E-state index in [4.69, 9.17) is 0 Å². The molecule has 0 radical (unpaired) electrons. The van der Waals surface area contributed by atoms with Crippen LogP contribution in [0.25, 0.3) is 0 Å². The zero-order valence-electron chi connectivity index (χ0n) is 11.1. The fraction of sp³-hybridized carbons (Fsp3) is 0.562. The molecule has 2 bridgehead atoms. The fourth-order valence-electron chi connectivity index (χ4n) is 3.77. The molecule has 3 heteroatoms. The van der Waals surface area contributed by atoms with Crippen molar-refractivity contribution in [3.63, 3.8) is 0 Å². The highest BCUT2D eigenvalue weighted by Crippen LogP contribution is 2.47. The minimum Gasteiger partial charge on any atom is -0.508 e. The number of hydrogen-bond acceptors (Lipinski definition) is 2. The first-order valence-corrected chi connectivity index (χ1v) is 7.26. The molecule has 0 aromatic heterocycles. The highest BCUT2D eigenvalue weighted by atomic mass is 16.3. The Bertz CT molecular complexity index is 472. The Morgan fingerprint density at radius 2 is 2.11 bits per heavy atom. The number of benzene rings is 1. The molecule has 3 unspecified atom stereocenters. The smallest absolute Gasteiger partial charge is 0.224 e. The van der Waals surface area contributed by atoms with Gasteiger partial charge in [-0.3, -0.25) is 4.79 Å². The van der Waals surface area contributed by atoms with E-state index in [0.29, 0.717) is 11.5 Å². The predicted octanol–water partition coefficient (Wildman–Crippen LogP) is 2.49. The van der Waals surface area contributed by atoms with Gasteiger partial charge in [-0.1, -0.05) is 24.6 Å². The number of carbonyl (C=O) groups excluding carboxylic acids is 1. The monoisotopic (exact) mass is 259 g/mol. The second-order valence-electron chi connectivity index (χ2n) is 6.04. The Labute approximate surface area is 114 Å². The molecule has 2 aliphatic carbocycles. The van der Waals surface area contributed by atoms with Crippen molar-refractivity contribution in [2.24, 2.45) is 17.8 Å². The number of rotatable bonds is 4. The summed E-state index contributed by atoms with van der Waals surface area (Å²) in [5.74, 6) is 2.68. The Kier molecular flexibility index (Phi) is 3.45. The van der Waals surface area contributed by atoms with Gasteiger partial charge in [0.25, 0.3) is 0 Å².